The number of carbonyl (C=O) groups is 3. The molecule has 22 nitrogen and oxygen atoms in total. The molecular weight excluding hydrogens is 1030 g/mol. The molecular formula is C52H100N2O20P2. The maximum atomic E-state index is 14.2. The van der Waals surface area contributed by atoms with E-state index in [1.54, 1.807) is 0 Å². The van der Waals surface area contributed by atoms with Crippen LogP contribution in [0.5, 0.6) is 0 Å². The van der Waals surface area contributed by atoms with E-state index >= 15 is 0 Å². The van der Waals surface area contributed by atoms with Gasteiger partial charge in [0.05, 0.1) is 38.8 Å². The number of rotatable bonds is 43. The van der Waals surface area contributed by atoms with Crippen LogP contribution in [0, 0.1) is 0 Å². The topological polar surface area (TPSA) is 369 Å². The Labute approximate surface area is 451 Å². The molecule has 76 heavy (non-hydrogen) atoms. The number of carbonyl (C=O) groups excluding carboxylic acids is 3. The maximum Gasteiger partial charge on any atom is 0.472 e. The summed E-state index contributed by atoms with van der Waals surface area (Å²) in [6.45, 7) is 2.43. The van der Waals surface area contributed by atoms with Crippen LogP contribution >= 0.6 is 15.4 Å². The fourth-order valence-corrected chi connectivity index (χ4v) is 12.0. The summed E-state index contributed by atoms with van der Waals surface area (Å²) in [7, 11) is -11.5. The maximum absolute atomic E-state index is 14.2. The minimum absolute atomic E-state index is 0.0594. The fraction of sp³-hybridized carbons (Fsp3) is 0.942. The number of ether oxygens (including phenoxy) is 3. The predicted molar refractivity (Wildman–Crippen MR) is 283 cm³/mol. The van der Waals surface area contributed by atoms with Gasteiger partial charge < -0.3 is 80.2 Å². The molecule has 0 spiro atoms. The van der Waals surface area contributed by atoms with E-state index in [1.807, 2.05) is 0 Å². The van der Waals surface area contributed by atoms with Gasteiger partial charge in [-0.1, -0.05) is 181 Å². The number of aliphatic hydroxyl groups is 7. The molecule has 11 atom stereocenters. The Kier molecular flexibility index (Phi) is 33.9. The fourth-order valence-electron chi connectivity index (χ4n) is 10.5. The predicted octanol–water partition coefficient (Wildman–Crippen LogP) is 5.68. The van der Waals surface area contributed by atoms with Gasteiger partial charge in [0, 0.05) is 6.42 Å². The summed E-state index contributed by atoms with van der Waals surface area (Å²) >= 11 is 0. The van der Waals surface area contributed by atoms with Gasteiger partial charge in [-0.2, -0.15) is 0 Å². The first kappa shape index (κ1) is 70.4. The number of aliphatic hydroxyl groups excluding tert-OH is 6. The third-order valence-corrected chi connectivity index (χ3v) is 17.1. The van der Waals surface area contributed by atoms with Gasteiger partial charge in [-0.25, -0.2) is 4.57 Å². The molecule has 0 aliphatic carbocycles. The molecule has 2 amide bonds. The van der Waals surface area contributed by atoms with E-state index in [0.717, 1.165) is 141 Å². The van der Waals surface area contributed by atoms with Crippen LogP contribution in [0.4, 0.5) is 0 Å². The molecule has 2 rings (SSSR count). The molecule has 0 bridgehead atoms. The van der Waals surface area contributed by atoms with Gasteiger partial charge in [-0.15, -0.1) is 0 Å². The first-order valence-corrected chi connectivity index (χ1v) is 31.7. The summed E-state index contributed by atoms with van der Waals surface area (Å²) in [6.07, 6.45) is 7.37. The summed E-state index contributed by atoms with van der Waals surface area (Å²) in [4.78, 5) is 82.3. The van der Waals surface area contributed by atoms with Crippen molar-refractivity contribution in [2.45, 2.75) is 292 Å². The van der Waals surface area contributed by atoms with Gasteiger partial charge in [-0.05, 0) is 25.7 Å². The molecule has 0 saturated carbocycles. The van der Waals surface area contributed by atoms with Crippen LogP contribution < -0.4 is 10.6 Å². The number of phosphoric acid groups is 1. The van der Waals surface area contributed by atoms with Gasteiger partial charge in [0.1, 0.15) is 47.8 Å². The van der Waals surface area contributed by atoms with E-state index in [-0.39, 0.29) is 19.3 Å². The third kappa shape index (κ3) is 23.0. The summed E-state index contributed by atoms with van der Waals surface area (Å²) in [5.41, 5.74) is -6.76. The molecule has 0 radical (unpaired) electrons. The monoisotopic (exact) mass is 1130 g/mol. The van der Waals surface area contributed by atoms with Crippen LogP contribution in [0.1, 0.15) is 226 Å². The van der Waals surface area contributed by atoms with Crippen molar-refractivity contribution < 1.29 is 97.6 Å². The van der Waals surface area contributed by atoms with Crippen LogP contribution in [0.2, 0.25) is 0 Å². The molecule has 0 aromatic carbocycles. The highest BCUT2D eigenvalue weighted by Crippen LogP contribution is 2.58. The lowest BCUT2D eigenvalue weighted by Crippen LogP contribution is -2.89. The number of amides is 2. The number of unbranched alkanes of at least 4 members (excludes halogenated alkanes) is 24. The zero-order chi connectivity index (χ0) is 56.8. The number of phosphoric ester groups is 1. The second-order valence-corrected chi connectivity index (χ2v) is 24.5. The largest absolute Gasteiger partial charge is 0.472 e. The lowest BCUT2D eigenvalue weighted by atomic mass is 9.64. The molecule has 13 N–H and O–H groups in total. The van der Waals surface area contributed by atoms with Crippen molar-refractivity contribution in [3.63, 3.8) is 0 Å². The highest BCUT2D eigenvalue weighted by atomic mass is 31.2. The minimum Gasteiger partial charge on any atom is -0.462 e. The van der Waals surface area contributed by atoms with Crippen molar-refractivity contribution >= 4 is 33.2 Å². The standard InChI is InChI=1S/C52H100N2O20P2/c1-4-7-10-13-16-19-22-25-28-31-39(56)34-42(57)53-50(37-72-46(45(60)47(50)61)48(62)74-76(68,69)70)52(64)41(36-55)71-38-51(49(52)63,75(65,66)67)54-43(58)35-40(32-29-26-23-20-17-14-11-8-5-2)73-44(59)33-30-27-24-21-18-15-12-9-6-3/h39-41,45-49,55-56,60-64H,4-38H2,1-3H3,(H,53,57)(H,54,58)(H2,65,66,67)(H2,68,69,70)/t39?,40?,41-,45-,46+,47+,48?,49-,50-,51-,52+/m1/s1. The SMILES string of the molecule is CCCCCCCCCCCC(=O)OC(CCCCCCCCCCC)CC(=O)N[C@@]1(P(=O)(O)O)CO[C@H](CO)[C@@](O)([C@@]2(NC(=O)CC(O)CCCCCCCCCCC)CO[C@H](C(O)OP(=O)(O)O)[C@@H](O)[C@@H]2O)[C@@H]1O. The lowest BCUT2D eigenvalue weighted by molar-refractivity contribution is -0.320. The van der Waals surface area contributed by atoms with Crippen molar-refractivity contribution in [2.75, 3.05) is 19.8 Å². The molecule has 0 aromatic rings. The summed E-state index contributed by atoms with van der Waals surface area (Å²) < 4.78 is 46.7. The van der Waals surface area contributed by atoms with Crippen molar-refractivity contribution in [1.29, 1.82) is 0 Å². The van der Waals surface area contributed by atoms with E-state index in [2.05, 4.69) is 35.9 Å². The average molecular weight is 1140 g/mol. The molecule has 2 heterocycles. The smallest absolute Gasteiger partial charge is 0.462 e. The highest BCUT2D eigenvalue weighted by molar-refractivity contribution is 7.53. The first-order valence-electron chi connectivity index (χ1n) is 28.6. The lowest BCUT2D eigenvalue weighted by Gasteiger charge is -2.62. The van der Waals surface area contributed by atoms with Crippen LogP contribution in [0.15, 0.2) is 0 Å². The van der Waals surface area contributed by atoms with Crippen LogP contribution in [0.25, 0.3) is 0 Å². The number of esters is 1. The van der Waals surface area contributed by atoms with E-state index < -0.39 is 131 Å². The Morgan fingerprint density at radius 3 is 1.53 bits per heavy atom. The third-order valence-electron chi connectivity index (χ3n) is 15.1. The summed E-state index contributed by atoms with van der Waals surface area (Å²) in [5.74, 6) is -2.97. The van der Waals surface area contributed by atoms with E-state index in [9.17, 15) is 78.8 Å². The molecule has 0 aromatic heterocycles. The first-order chi connectivity index (χ1) is 36.0. The van der Waals surface area contributed by atoms with Crippen molar-refractivity contribution in [2.24, 2.45) is 0 Å². The van der Waals surface area contributed by atoms with Crippen LogP contribution in [0.3, 0.4) is 0 Å². The normalized spacial score (nSPS) is 26.4. The summed E-state index contributed by atoms with van der Waals surface area (Å²) in [5, 5.41) is 82.0. The quantitative estimate of drug-likeness (QED) is 0.0151. The van der Waals surface area contributed by atoms with E-state index in [0.29, 0.717) is 19.3 Å². The van der Waals surface area contributed by atoms with Gasteiger partial charge in [0.2, 0.25) is 11.8 Å². The molecule has 2 aliphatic heterocycles. The Morgan fingerprint density at radius 2 is 1.07 bits per heavy atom. The molecule has 24 heteroatoms. The number of hydrogen-bond acceptors (Lipinski definition) is 16. The van der Waals surface area contributed by atoms with Crippen molar-refractivity contribution in [3.8, 4) is 0 Å². The number of nitrogens with one attached hydrogen (secondary N) is 2. The van der Waals surface area contributed by atoms with Crippen molar-refractivity contribution in [1.82, 2.24) is 10.6 Å². The molecule has 2 aliphatic rings. The minimum atomic E-state index is -6.04. The summed E-state index contributed by atoms with van der Waals surface area (Å²) in [6, 6.07) is 0. The van der Waals surface area contributed by atoms with Crippen LogP contribution in [-0.4, -0.2) is 158 Å². The van der Waals surface area contributed by atoms with Crippen LogP contribution in [-0.2, 0) is 42.2 Å². The average Bonchev–Trinajstić information content (AvgIpc) is 3.34. The van der Waals surface area contributed by atoms with Gasteiger partial charge in [0.25, 0.3) is 0 Å². The zero-order valence-electron chi connectivity index (χ0n) is 45.9. The highest BCUT2D eigenvalue weighted by Gasteiger charge is 2.76. The second-order valence-electron chi connectivity index (χ2n) is 21.4. The van der Waals surface area contributed by atoms with E-state index in [1.165, 1.54) is 12.8 Å². The number of hydrogen-bond donors (Lipinski definition) is 13. The van der Waals surface area contributed by atoms with Crippen molar-refractivity contribution in [3.05, 3.63) is 0 Å². The molecule has 2 fully saturated rings. The van der Waals surface area contributed by atoms with Gasteiger partial charge in [-0.3, -0.25) is 23.5 Å². The molecule has 2 saturated heterocycles. The Hall–Kier alpha value is -1.69. The van der Waals surface area contributed by atoms with Gasteiger partial charge >= 0.3 is 21.4 Å². The Morgan fingerprint density at radius 1 is 0.618 bits per heavy atom. The van der Waals surface area contributed by atoms with E-state index in [4.69, 9.17) is 14.2 Å². The van der Waals surface area contributed by atoms with Gasteiger partial charge in [0.15, 0.2) is 11.6 Å². The molecule has 3 unspecified atom stereocenters. The molecule has 448 valence electrons. The Bertz CT molecular complexity index is 1730. The second kappa shape index (κ2) is 36.6. The zero-order valence-corrected chi connectivity index (χ0v) is 47.6. The Balaban J connectivity index is 2.48.